The van der Waals surface area contributed by atoms with Crippen LogP contribution < -0.4 is 10.1 Å². The molecule has 1 aromatic heterocycles. The van der Waals surface area contributed by atoms with Crippen LogP contribution >= 0.6 is 0 Å². The van der Waals surface area contributed by atoms with E-state index in [1.165, 1.54) is 37.4 Å². The van der Waals surface area contributed by atoms with Crippen molar-refractivity contribution in [1.82, 2.24) is 4.98 Å². The Hall–Kier alpha value is -2.77. The summed E-state index contributed by atoms with van der Waals surface area (Å²) >= 11 is 0. The molecule has 0 saturated carbocycles. The predicted octanol–water partition coefficient (Wildman–Crippen LogP) is 3.63. The van der Waals surface area contributed by atoms with Crippen molar-refractivity contribution in [3.05, 3.63) is 47.7 Å². The second-order valence-corrected chi connectivity index (χ2v) is 4.22. The molecule has 5 nitrogen and oxygen atoms in total. The Balaban J connectivity index is 2.34. The van der Waals surface area contributed by atoms with Gasteiger partial charge in [-0.15, -0.1) is 0 Å². The summed E-state index contributed by atoms with van der Waals surface area (Å²) in [5.74, 6) is -1.46. The van der Waals surface area contributed by atoms with E-state index < -0.39 is 17.7 Å². The molecule has 2 rings (SSSR count). The molecule has 0 atom stereocenters. The Kier molecular flexibility index (Phi) is 4.20. The molecule has 0 bridgehead atoms. The molecule has 0 fully saturated rings. The van der Waals surface area contributed by atoms with Gasteiger partial charge in [0.1, 0.15) is 5.75 Å². The highest BCUT2D eigenvalue weighted by Crippen LogP contribution is 2.37. The number of hydrogen-bond acceptors (Lipinski definition) is 4. The summed E-state index contributed by atoms with van der Waals surface area (Å²) in [6.45, 7) is 0. The van der Waals surface area contributed by atoms with Crippen LogP contribution in [0.1, 0.15) is 16.1 Å². The van der Waals surface area contributed by atoms with Crippen molar-refractivity contribution in [2.24, 2.45) is 0 Å². The zero-order valence-corrected chi connectivity index (χ0v) is 11.3. The van der Waals surface area contributed by atoms with Crippen LogP contribution in [-0.4, -0.2) is 23.1 Å². The lowest BCUT2D eigenvalue weighted by atomic mass is 10.1. The van der Waals surface area contributed by atoms with Crippen LogP contribution in [0.5, 0.6) is 11.6 Å². The van der Waals surface area contributed by atoms with Crippen LogP contribution in [0.3, 0.4) is 0 Å². The fourth-order valence-corrected chi connectivity index (χ4v) is 1.75. The lowest BCUT2D eigenvalue weighted by Gasteiger charge is -2.14. The number of carboxylic acids is 1. The Bertz CT molecular complexity index is 702. The van der Waals surface area contributed by atoms with Crippen molar-refractivity contribution in [3.63, 3.8) is 0 Å². The summed E-state index contributed by atoms with van der Waals surface area (Å²) in [5, 5.41) is 11.3. The second kappa shape index (κ2) is 5.92. The zero-order valence-electron chi connectivity index (χ0n) is 11.3. The molecule has 0 unspecified atom stereocenters. The summed E-state index contributed by atoms with van der Waals surface area (Å²) < 4.78 is 44.0. The van der Waals surface area contributed by atoms with E-state index in [1.807, 2.05) is 0 Å². The molecular weight excluding hydrogens is 301 g/mol. The van der Waals surface area contributed by atoms with Gasteiger partial charge in [0.05, 0.1) is 5.56 Å². The predicted molar refractivity (Wildman–Crippen MR) is 72.3 cm³/mol. The normalized spacial score (nSPS) is 11.1. The minimum atomic E-state index is -4.55. The van der Waals surface area contributed by atoms with Crippen LogP contribution in [0.2, 0.25) is 0 Å². The minimum absolute atomic E-state index is 0.0907. The first-order chi connectivity index (χ1) is 10.3. The number of anilines is 1. The maximum atomic E-state index is 12.9. The molecule has 2 N–H and O–H groups in total. The minimum Gasteiger partial charge on any atom is -0.477 e. The second-order valence-electron chi connectivity index (χ2n) is 4.22. The van der Waals surface area contributed by atoms with Crippen molar-refractivity contribution >= 4 is 11.7 Å². The van der Waals surface area contributed by atoms with Crippen LogP contribution in [0.15, 0.2) is 36.4 Å². The third kappa shape index (κ3) is 3.46. The number of ether oxygens (including phenoxy) is 1. The standard InChI is InChI=1S/C14H11F3N2O3/c1-18-10-6-5-8(7-9(10)14(15,16)17)22-12-4-2-3-11(19-12)13(20)21/h2-7,18H,1H3,(H,20,21). The lowest BCUT2D eigenvalue weighted by Crippen LogP contribution is -2.09. The highest BCUT2D eigenvalue weighted by atomic mass is 19.4. The highest BCUT2D eigenvalue weighted by molar-refractivity contribution is 5.85. The summed E-state index contributed by atoms with van der Waals surface area (Å²) in [6.07, 6.45) is -4.55. The number of alkyl halides is 3. The van der Waals surface area contributed by atoms with Crippen LogP contribution in [0, 0.1) is 0 Å². The SMILES string of the molecule is CNc1ccc(Oc2cccc(C(=O)O)n2)cc1C(F)(F)F. The third-order valence-electron chi connectivity index (χ3n) is 2.73. The number of aromatic nitrogens is 1. The van der Waals surface area contributed by atoms with Gasteiger partial charge in [0.25, 0.3) is 0 Å². The van der Waals surface area contributed by atoms with Gasteiger partial charge in [-0.3, -0.25) is 0 Å². The average Bonchev–Trinajstić information content (AvgIpc) is 2.46. The fraction of sp³-hybridized carbons (Fsp3) is 0.143. The van der Waals surface area contributed by atoms with Crippen molar-refractivity contribution < 1.29 is 27.8 Å². The number of aromatic carboxylic acids is 1. The van der Waals surface area contributed by atoms with E-state index >= 15 is 0 Å². The first-order valence-corrected chi connectivity index (χ1v) is 6.08. The van der Waals surface area contributed by atoms with Gasteiger partial charge in [-0.05, 0) is 24.3 Å². The van der Waals surface area contributed by atoms with E-state index in [9.17, 15) is 18.0 Å². The number of carboxylic acid groups (broad SMARTS) is 1. The Morgan fingerprint density at radius 2 is 2.00 bits per heavy atom. The van der Waals surface area contributed by atoms with Gasteiger partial charge in [-0.2, -0.15) is 13.2 Å². The molecule has 0 aliphatic rings. The lowest BCUT2D eigenvalue weighted by molar-refractivity contribution is -0.137. The van der Waals surface area contributed by atoms with Crippen LogP contribution in [-0.2, 0) is 6.18 Å². The number of hydrogen-bond donors (Lipinski definition) is 2. The maximum Gasteiger partial charge on any atom is 0.418 e. The van der Waals surface area contributed by atoms with E-state index in [2.05, 4.69) is 10.3 Å². The maximum absolute atomic E-state index is 12.9. The molecule has 116 valence electrons. The van der Waals surface area contributed by atoms with E-state index in [-0.39, 0.29) is 23.0 Å². The summed E-state index contributed by atoms with van der Waals surface area (Å²) in [6, 6.07) is 7.36. The van der Waals surface area contributed by atoms with Gasteiger partial charge in [0, 0.05) is 18.8 Å². The largest absolute Gasteiger partial charge is 0.477 e. The Morgan fingerprint density at radius 1 is 1.27 bits per heavy atom. The topological polar surface area (TPSA) is 71.5 Å². The van der Waals surface area contributed by atoms with Gasteiger partial charge in [-0.25, -0.2) is 9.78 Å². The molecule has 2 aromatic rings. The van der Waals surface area contributed by atoms with Crippen molar-refractivity contribution in [2.75, 3.05) is 12.4 Å². The molecule has 1 heterocycles. The first-order valence-electron chi connectivity index (χ1n) is 6.08. The molecule has 22 heavy (non-hydrogen) atoms. The van der Waals surface area contributed by atoms with Gasteiger partial charge in [-0.1, -0.05) is 6.07 Å². The number of halogens is 3. The number of pyridine rings is 1. The van der Waals surface area contributed by atoms with Crippen molar-refractivity contribution in [2.45, 2.75) is 6.18 Å². The molecule has 0 saturated heterocycles. The Labute approximate surface area is 123 Å². The van der Waals surface area contributed by atoms with Gasteiger partial charge in [0.15, 0.2) is 5.69 Å². The Morgan fingerprint density at radius 3 is 2.59 bits per heavy atom. The summed E-state index contributed by atoms with van der Waals surface area (Å²) in [7, 11) is 1.38. The fourth-order valence-electron chi connectivity index (χ4n) is 1.75. The number of benzene rings is 1. The summed E-state index contributed by atoms with van der Waals surface area (Å²) in [5.41, 5.74) is -1.24. The van der Waals surface area contributed by atoms with Gasteiger partial charge >= 0.3 is 12.1 Å². The molecule has 0 aliphatic heterocycles. The zero-order chi connectivity index (χ0) is 16.3. The monoisotopic (exact) mass is 312 g/mol. The van der Waals surface area contributed by atoms with Gasteiger partial charge in [0.2, 0.25) is 5.88 Å². The number of nitrogens with zero attached hydrogens (tertiary/aromatic N) is 1. The van der Waals surface area contributed by atoms with E-state index in [1.54, 1.807) is 0 Å². The van der Waals surface area contributed by atoms with Crippen molar-refractivity contribution in [3.8, 4) is 11.6 Å². The number of carbonyl (C=O) groups is 1. The summed E-state index contributed by atoms with van der Waals surface area (Å²) in [4.78, 5) is 14.5. The first kappa shape index (κ1) is 15.6. The third-order valence-corrected chi connectivity index (χ3v) is 2.73. The number of nitrogens with one attached hydrogen (secondary N) is 1. The smallest absolute Gasteiger partial charge is 0.418 e. The van der Waals surface area contributed by atoms with E-state index in [4.69, 9.17) is 9.84 Å². The molecule has 0 spiro atoms. The number of rotatable bonds is 4. The van der Waals surface area contributed by atoms with Gasteiger partial charge < -0.3 is 15.2 Å². The quantitative estimate of drug-likeness (QED) is 0.902. The van der Waals surface area contributed by atoms with Crippen LogP contribution in [0.25, 0.3) is 0 Å². The van der Waals surface area contributed by atoms with E-state index in [0.29, 0.717) is 0 Å². The molecule has 0 amide bonds. The average molecular weight is 312 g/mol. The highest BCUT2D eigenvalue weighted by Gasteiger charge is 2.33. The molecule has 8 heteroatoms. The van der Waals surface area contributed by atoms with Crippen LogP contribution in [0.4, 0.5) is 18.9 Å². The molecule has 1 aromatic carbocycles. The van der Waals surface area contributed by atoms with E-state index in [0.717, 1.165) is 6.07 Å². The molecular formula is C14H11F3N2O3. The molecule has 0 radical (unpaired) electrons. The van der Waals surface area contributed by atoms with Crippen molar-refractivity contribution in [1.29, 1.82) is 0 Å². The molecule has 0 aliphatic carbocycles.